The fourth-order valence-electron chi connectivity index (χ4n) is 3.04. The number of aliphatic hydroxyl groups is 1. The number of fused-ring (bicyclic) bond motifs is 3. The predicted molar refractivity (Wildman–Crippen MR) is 98.6 cm³/mol. The van der Waals surface area contributed by atoms with Crippen molar-refractivity contribution >= 4 is 6.09 Å². The molecule has 0 radical (unpaired) electrons. The zero-order valence-corrected chi connectivity index (χ0v) is 15.2. The van der Waals surface area contributed by atoms with E-state index in [2.05, 4.69) is 29.6 Å². The van der Waals surface area contributed by atoms with Gasteiger partial charge >= 0.3 is 6.09 Å². The Bertz CT molecular complexity index is 744. The van der Waals surface area contributed by atoms with Crippen LogP contribution in [0.1, 0.15) is 44.7 Å². The van der Waals surface area contributed by atoms with Crippen LogP contribution in [0.5, 0.6) is 0 Å². The van der Waals surface area contributed by atoms with Crippen LogP contribution in [0, 0.1) is 0 Å². The summed E-state index contributed by atoms with van der Waals surface area (Å²) in [7, 11) is 0. The summed E-state index contributed by atoms with van der Waals surface area (Å²) in [6.45, 7) is 7.14. The molecule has 0 unspecified atom stereocenters. The Morgan fingerprint density at radius 2 is 1.48 bits per heavy atom. The van der Waals surface area contributed by atoms with E-state index in [0.29, 0.717) is 0 Å². The Balaban J connectivity index is 1.75. The molecule has 0 aromatic heterocycles. The maximum atomic E-state index is 12.2. The van der Waals surface area contributed by atoms with E-state index in [-0.39, 0.29) is 12.5 Å². The molecule has 3 rings (SSSR count). The summed E-state index contributed by atoms with van der Waals surface area (Å²) in [4.78, 5) is 12.2. The summed E-state index contributed by atoms with van der Waals surface area (Å²) in [5.74, 6) is 0.0309. The molecule has 0 fully saturated rings. The quantitative estimate of drug-likeness (QED) is 0.882. The third-order valence-electron chi connectivity index (χ3n) is 5.29. The van der Waals surface area contributed by atoms with E-state index in [0.717, 1.165) is 0 Å². The topological polar surface area (TPSA) is 58.6 Å². The number of carbonyl (C=O) groups is 1. The number of ether oxygens (including phenoxy) is 1. The van der Waals surface area contributed by atoms with Crippen molar-refractivity contribution in [2.75, 3.05) is 6.61 Å². The molecule has 2 aromatic rings. The van der Waals surface area contributed by atoms with Crippen molar-refractivity contribution in [3.63, 3.8) is 0 Å². The molecule has 4 nitrogen and oxygen atoms in total. The number of hydrogen-bond acceptors (Lipinski definition) is 3. The van der Waals surface area contributed by atoms with Gasteiger partial charge < -0.3 is 15.2 Å². The smallest absolute Gasteiger partial charge is 0.407 e. The zero-order chi connectivity index (χ0) is 18.2. The fraction of sp³-hybridized carbons (Fsp3) is 0.381. The molecule has 1 aliphatic rings. The fourth-order valence-corrected chi connectivity index (χ4v) is 3.04. The average molecular weight is 339 g/mol. The Kier molecular flexibility index (Phi) is 4.33. The molecular formula is C21H25NO3. The van der Waals surface area contributed by atoms with Gasteiger partial charge in [0.15, 0.2) is 0 Å². The van der Waals surface area contributed by atoms with Gasteiger partial charge in [0.2, 0.25) is 0 Å². The molecule has 0 aliphatic heterocycles. The van der Waals surface area contributed by atoms with E-state index in [1.807, 2.05) is 24.3 Å². The largest absolute Gasteiger partial charge is 0.449 e. The van der Waals surface area contributed by atoms with Crippen molar-refractivity contribution in [1.82, 2.24) is 5.32 Å². The van der Waals surface area contributed by atoms with Crippen LogP contribution < -0.4 is 5.32 Å². The van der Waals surface area contributed by atoms with E-state index in [4.69, 9.17) is 4.74 Å². The monoisotopic (exact) mass is 339 g/mol. The standard InChI is InChI=1S/C21H25NO3/c1-20(2,21(3,4)24)22-19(23)25-13-18-16-11-7-5-9-14(16)15-10-6-8-12-17(15)18/h5-12,18,24H,13H2,1-4H3,(H,22,23). The Morgan fingerprint density at radius 3 is 1.96 bits per heavy atom. The average Bonchev–Trinajstić information content (AvgIpc) is 2.86. The number of hydrogen-bond donors (Lipinski definition) is 2. The minimum atomic E-state index is -1.06. The SMILES string of the molecule is CC(C)(O)C(C)(C)NC(=O)OCC1c2ccccc2-c2ccccc21. The third kappa shape index (κ3) is 3.27. The van der Waals surface area contributed by atoms with Crippen LogP contribution in [0.25, 0.3) is 11.1 Å². The van der Waals surface area contributed by atoms with Crippen LogP contribution >= 0.6 is 0 Å². The second-order valence-electron chi connectivity index (χ2n) is 7.63. The number of nitrogens with one attached hydrogen (secondary N) is 1. The number of carbonyl (C=O) groups excluding carboxylic acids is 1. The number of benzene rings is 2. The van der Waals surface area contributed by atoms with Crippen LogP contribution in [-0.2, 0) is 4.74 Å². The summed E-state index contributed by atoms with van der Waals surface area (Å²) >= 11 is 0. The van der Waals surface area contributed by atoms with Gasteiger partial charge in [-0.05, 0) is 49.9 Å². The van der Waals surface area contributed by atoms with Gasteiger partial charge in [-0.2, -0.15) is 0 Å². The first kappa shape index (κ1) is 17.5. The van der Waals surface area contributed by atoms with Gasteiger partial charge in [-0.25, -0.2) is 4.79 Å². The molecule has 2 aromatic carbocycles. The lowest BCUT2D eigenvalue weighted by molar-refractivity contribution is -0.00521. The summed E-state index contributed by atoms with van der Waals surface area (Å²) in [5, 5.41) is 12.9. The maximum absolute atomic E-state index is 12.2. The van der Waals surface area contributed by atoms with E-state index >= 15 is 0 Å². The summed E-state index contributed by atoms with van der Waals surface area (Å²) in [6.07, 6.45) is -0.519. The molecule has 0 heterocycles. The van der Waals surface area contributed by atoms with E-state index in [9.17, 15) is 9.90 Å². The summed E-state index contributed by atoms with van der Waals surface area (Å²) in [5.41, 5.74) is 2.90. The molecule has 1 amide bonds. The molecule has 0 saturated heterocycles. The summed E-state index contributed by atoms with van der Waals surface area (Å²) < 4.78 is 5.51. The first-order valence-electron chi connectivity index (χ1n) is 8.56. The molecule has 132 valence electrons. The Labute approximate surface area is 148 Å². The normalized spacial score (nSPS) is 14.0. The molecular weight excluding hydrogens is 314 g/mol. The highest BCUT2D eigenvalue weighted by Gasteiger charge is 2.37. The van der Waals surface area contributed by atoms with Crippen molar-refractivity contribution in [2.24, 2.45) is 0 Å². The van der Waals surface area contributed by atoms with Crippen molar-refractivity contribution in [3.8, 4) is 11.1 Å². The van der Waals surface area contributed by atoms with E-state index < -0.39 is 17.2 Å². The third-order valence-corrected chi connectivity index (χ3v) is 5.29. The van der Waals surface area contributed by atoms with Gasteiger partial charge in [-0.1, -0.05) is 48.5 Å². The molecule has 1 aliphatic carbocycles. The Morgan fingerprint density at radius 1 is 1.00 bits per heavy atom. The van der Waals surface area contributed by atoms with Gasteiger partial charge in [0.05, 0.1) is 11.1 Å². The van der Waals surface area contributed by atoms with Gasteiger partial charge in [0.1, 0.15) is 6.61 Å². The van der Waals surface area contributed by atoms with E-state index in [1.165, 1.54) is 22.3 Å². The summed E-state index contributed by atoms with van der Waals surface area (Å²) in [6, 6.07) is 16.4. The lowest BCUT2D eigenvalue weighted by atomic mass is 9.86. The lowest BCUT2D eigenvalue weighted by Crippen LogP contribution is -2.57. The second kappa shape index (κ2) is 6.19. The van der Waals surface area contributed by atoms with Crippen LogP contribution in [-0.4, -0.2) is 28.9 Å². The van der Waals surface area contributed by atoms with Gasteiger partial charge in [0.25, 0.3) is 0 Å². The van der Waals surface area contributed by atoms with Crippen molar-refractivity contribution < 1.29 is 14.6 Å². The molecule has 0 atom stereocenters. The first-order chi connectivity index (χ1) is 11.7. The lowest BCUT2D eigenvalue weighted by Gasteiger charge is -2.37. The Hall–Kier alpha value is -2.33. The van der Waals surface area contributed by atoms with Gasteiger partial charge in [0, 0.05) is 5.92 Å². The van der Waals surface area contributed by atoms with Gasteiger partial charge in [-0.15, -0.1) is 0 Å². The highest BCUT2D eigenvalue weighted by Crippen LogP contribution is 2.44. The van der Waals surface area contributed by atoms with Crippen molar-refractivity contribution in [1.29, 1.82) is 0 Å². The zero-order valence-electron chi connectivity index (χ0n) is 15.2. The predicted octanol–water partition coefficient (Wildman–Crippen LogP) is 4.07. The van der Waals surface area contributed by atoms with Crippen LogP contribution in [0.3, 0.4) is 0 Å². The molecule has 25 heavy (non-hydrogen) atoms. The van der Waals surface area contributed by atoms with E-state index in [1.54, 1.807) is 27.7 Å². The highest BCUT2D eigenvalue weighted by atomic mass is 16.5. The second-order valence-corrected chi connectivity index (χ2v) is 7.63. The molecule has 4 heteroatoms. The molecule has 0 bridgehead atoms. The maximum Gasteiger partial charge on any atom is 0.407 e. The van der Waals surface area contributed by atoms with Crippen LogP contribution in [0.2, 0.25) is 0 Å². The van der Waals surface area contributed by atoms with Crippen LogP contribution in [0.4, 0.5) is 4.79 Å². The van der Waals surface area contributed by atoms with Crippen molar-refractivity contribution in [2.45, 2.75) is 44.8 Å². The first-order valence-corrected chi connectivity index (χ1v) is 8.56. The highest BCUT2D eigenvalue weighted by molar-refractivity contribution is 5.79. The number of rotatable bonds is 4. The van der Waals surface area contributed by atoms with Gasteiger partial charge in [-0.3, -0.25) is 0 Å². The minimum Gasteiger partial charge on any atom is -0.449 e. The minimum absolute atomic E-state index is 0.0309. The molecule has 0 saturated carbocycles. The molecule has 2 N–H and O–H groups in total. The number of alkyl carbamates (subject to hydrolysis) is 1. The van der Waals surface area contributed by atoms with Crippen LogP contribution in [0.15, 0.2) is 48.5 Å². The number of amides is 1. The van der Waals surface area contributed by atoms with Crippen molar-refractivity contribution in [3.05, 3.63) is 59.7 Å². The molecule has 0 spiro atoms.